The van der Waals surface area contributed by atoms with Gasteiger partial charge in [0.05, 0.1) is 0 Å². The zero-order chi connectivity index (χ0) is 31.2. The van der Waals surface area contributed by atoms with Gasteiger partial charge in [-0.3, -0.25) is 4.98 Å². The molecule has 47 heavy (non-hydrogen) atoms. The van der Waals surface area contributed by atoms with Crippen LogP contribution in [0, 0.1) is 0 Å². The fourth-order valence-corrected chi connectivity index (χ4v) is 6.85. The van der Waals surface area contributed by atoms with E-state index in [0.717, 1.165) is 61.2 Å². The van der Waals surface area contributed by atoms with Gasteiger partial charge in [-0.25, -0.2) is 4.98 Å². The van der Waals surface area contributed by atoms with Gasteiger partial charge in [0, 0.05) is 23.5 Å². The molecule has 3 heteroatoms. The molecule has 0 unspecified atom stereocenters. The quantitative estimate of drug-likeness (QED) is 0.197. The van der Waals surface area contributed by atoms with Gasteiger partial charge in [-0.15, -0.1) is 0 Å². The minimum atomic E-state index is 0.589. The Morgan fingerprint density at radius 3 is 1.77 bits per heavy atom. The minimum Gasteiger partial charge on any atom is -0.436 e. The van der Waals surface area contributed by atoms with E-state index in [9.17, 15) is 0 Å². The first-order valence-corrected chi connectivity index (χ1v) is 15.8. The van der Waals surface area contributed by atoms with Crippen LogP contribution in [0.25, 0.3) is 88.6 Å². The van der Waals surface area contributed by atoms with Crippen molar-refractivity contribution >= 4 is 32.6 Å². The van der Waals surface area contributed by atoms with Gasteiger partial charge in [-0.2, -0.15) is 0 Å². The maximum atomic E-state index is 6.76. The molecule has 0 aliphatic heterocycles. The van der Waals surface area contributed by atoms with Crippen LogP contribution in [0.15, 0.2) is 175 Å². The molecule has 0 aliphatic rings. The summed E-state index contributed by atoms with van der Waals surface area (Å²) in [6.45, 7) is 0. The summed E-state index contributed by atoms with van der Waals surface area (Å²) in [4.78, 5) is 9.50. The molecule has 3 nitrogen and oxygen atoms in total. The van der Waals surface area contributed by atoms with E-state index in [-0.39, 0.29) is 0 Å². The molecule has 7 aromatic carbocycles. The van der Waals surface area contributed by atoms with Crippen LogP contribution < -0.4 is 0 Å². The van der Waals surface area contributed by atoms with E-state index in [1.165, 1.54) is 21.5 Å². The van der Waals surface area contributed by atoms with Crippen molar-refractivity contribution in [1.82, 2.24) is 9.97 Å². The molecule has 9 rings (SSSR count). The molecule has 0 spiro atoms. The molecule has 0 saturated carbocycles. The third kappa shape index (κ3) is 4.68. The van der Waals surface area contributed by atoms with Crippen molar-refractivity contribution < 1.29 is 4.42 Å². The Labute approximate surface area is 272 Å². The van der Waals surface area contributed by atoms with Crippen LogP contribution in [0.5, 0.6) is 0 Å². The zero-order valence-electron chi connectivity index (χ0n) is 25.5. The molecule has 0 bridgehead atoms. The Hall–Kier alpha value is -6.32. The molecule has 0 N–H and O–H groups in total. The van der Waals surface area contributed by atoms with Gasteiger partial charge in [0.15, 0.2) is 5.58 Å². The highest BCUT2D eigenvalue weighted by Gasteiger charge is 2.24. The molecule has 0 aliphatic carbocycles. The van der Waals surface area contributed by atoms with Crippen LogP contribution >= 0.6 is 0 Å². The number of nitrogens with zero attached hydrogens (tertiary/aromatic N) is 2. The summed E-state index contributed by atoms with van der Waals surface area (Å²) in [5, 5.41) is 4.75. The molecule has 0 radical (unpaired) electrons. The second-order valence-electron chi connectivity index (χ2n) is 11.8. The van der Waals surface area contributed by atoms with Gasteiger partial charge in [0.25, 0.3) is 0 Å². The van der Waals surface area contributed by atoms with Crippen molar-refractivity contribution in [2.24, 2.45) is 0 Å². The van der Waals surface area contributed by atoms with E-state index in [1.807, 2.05) is 24.5 Å². The number of pyridine rings is 1. The number of benzene rings is 7. The summed E-state index contributed by atoms with van der Waals surface area (Å²) < 4.78 is 6.76. The average Bonchev–Trinajstić information content (AvgIpc) is 3.59. The molecule has 220 valence electrons. The van der Waals surface area contributed by atoms with E-state index < -0.39 is 0 Å². The molecule has 0 amide bonds. The number of oxazole rings is 1. The summed E-state index contributed by atoms with van der Waals surface area (Å²) in [7, 11) is 0. The molecular weight excluding hydrogens is 572 g/mol. The standard InChI is InChI=1S/C44H28N2O/c1-2-13-32(14-3-1)41-39(37-21-9-15-30-11-4-6-19-35(30)37)28-40-43(42(41)38-22-10-16-31-12-5-7-20-36(31)38)46-44(47-40)34-18-8-17-33(27-34)29-23-25-45-26-24-29/h1-28H. The first-order chi connectivity index (χ1) is 23.3. The Kier molecular flexibility index (Phi) is 6.46. The lowest BCUT2D eigenvalue weighted by molar-refractivity contribution is 0.620. The van der Waals surface area contributed by atoms with Crippen molar-refractivity contribution in [3.63, 3.8) is 0 Å². The van der Waals surface area contributed by atoms with E-state index in [4.69, 9.17) is 9.40 Å². The normalized spacial score (nSPS) is 11.4. The summed E-state index contributed by atoms with van der Waals surface area (Å²) in [6, 6.07) is 55.5. The number of aromatic nitrogens is 2. The second-order valence-corrected chi connectivity index (χ2v) is 11.8. The Balaban J connectivity index is 1.41. The smallest absolute Gasteiger partial charge is 0.227 e. The van der Waals surface area contributed by atoms with Crippen molar-refractivity contribution in [3.8, 4) is 56.0 Å². The largest absolute Gasteiger partial charge is 0.436 e. The monoisotopic (exact) mass is 600 g/mol. The summed E-state index contributed by atoms with van der Waals surface area (Å²) in [5.74, 6) is 0.589. The van der Waals surface area contributed by atoms with Crippen LogP contribution in [-0.2, 0) is 0 Å². The number of hydrogen-bond donors (Lipinski definition) is 0. The lowest BCUT2D eigenvalue weighted by atomic mass is 9.84. The van der Waals surface area contributed by atoms with E-state index in [2.05, 4.69) is 151 Å². The maximum Gasteiger partial charge on any atom is 0.227 e. The van der Waals surface area contributed by atoms with Crippen LogP contribution in [0.3, 0.4) is 0 Å². The van der Waals surface area contributed by atoms with E-state index in [0.29, 0.717) is 5.89 Å². The van der Waals surface area contributed by atoms with Crippen LogP contribution in [-0.4, -0.2) is 9.97 Å². The maximum absolute atomic E-state index is 6.76. The lowest BCUT2D eigenvalue weighted by Crippen LogP contribution is -1.94. The third-order valence-electron chi connectivity index (χ3n) is 9.01. The first kappa shape index (κ1) is 27.0. The highest BCUT2D eigenvalue weighted by atomic mass is 16.3. The lowest BCUT2D eigenvalue weighted by Gasteiger charge is -2.19. The topological polar surface area (TPSA) is 38.9 Å². The Morgan fingerprint density at radius 1 is 0.404 bits per heavy atom. The summed E-state index contributed by atoms with van der Waals surface area (Å²) in [5.41, 5.74) is 11.4. The number of hydrogen-bond acceptors (Lipinski definition) is 3. The highest BCUT2D eigenvalue weighted by Crippen LogP contribution is 2.48. The fraction of sp³-hybridized carbons (Fsp3) is 0. The van der Waals surface area contributed by atoms with Gasteiger partial charge in [0.2, 0.25) is 5.89 Å². The van der Waals surface area contributed by atoms with Crippen LogP contribution in [0.2, 0.25) is 0 Å². The van der Waals surface area contributed by atoms with Gasteiger partial charge >= 0.3 is 0 Å². The second kappa shape index (κ2) is 11.2. The van der Waals surface area contributed by atoms with Gasteiger partial charge in [0.1, 0.15) is 5.52 Å². The first-order valence-electron chi connectivity index (χ1n) is 15.8. The van der Waals surface area contributed by atoms with Crippen molar-refractivity contribution in [1.29, 1.82) is 0 Å². The molecule has 2 heterocycles. The minimum absolute atomic E-state index is 0.589. The predicted octanol–water partition coefficient (Wildman–Crippen LogP) is 11.9. The van der Waals surface area contributed by atoms with E-state index >= 15 is 0 Å². The molecule has 2 aromatic heterocycles. The van der Waals surface area contributed by atoms with Crippen LogP contribution in [0.1, 0.15) is 0 Å². The zero-order valence-corrected chi connectivity index (χ0v) is 25.5. The average molecular weight is 601 g/mol. The Morgan fingerprint density at radius 2 is 1.00 bits per heavy atom. The molecule has 0 saturated heterocycles. The predicted molar refractivity (Wildman–Crippen MR) is 194 cm³/mol. The third-order valence-corrected chi connectivity index (χ3v) is 9.01. The Bertz CT molecular complexity index is 2560. The molecule has 0 fully saturated rings. The van der Waals surface area contributed by atoms with Crippen molar-refractivity contribution in [2.45, 2.75) is 0 Å². The number of fused-ring (bicyclic) bond motifs is 3. The summed E-state index contributed by atoms with van der Waals surface area (Å²) >= 11 is 0. The van der Waals surface area contributed by atoms with Crippen LogP contribution in [0.4, 0.5) is 0 Å². The highest BCUT2D eigenvalue weighted by molar-refractivity contribution is 6.14. The van der Waals surface area contributed by atoms with E-state index in [1.54, 1.807) is 0 Å². The van der Waals surface area contributed by atoms with Crippen molar-refractivity contribution in [3.05, 3.63) is 170 Å². The SMILES string of the molecule is c1ccc(-c2c(-c3cccc4ccccc34)cc3oc(-c4cccc(-c5ccncc5)c4)nc3c2-c2cccc3ccccc23)cc1. The van der Waals surface area contributed by atoms with Gasteiger partial charge in [-0.05, 0) is 90.8 Å². The summed E-state index contributed by atoms with van der Waals surface area (Å²) in [6.07, 6.45) is 3.63. The van der Waals surface area contributed by atoms with Gasteiger partial charge < -0.3 is 4.42 Å². The van der Waals surface area contributed by atoms with Crippen molar-refractivity contribution in [2.75, 3.05) is 0 Å². The number of rotatable bonds is 5. The fourth-order valence-electron chi connectivity index (χ4n) is 6.85. The molecule has 0 atom stereocenters. The molecule has 9 aromatic rings. The molecular formula is C44H28N2O. The van der Waals surface area contributed by atoms with Gasteiger partial charge in [-0.1, -0.05) is 127 Å².